The van der Waals surface area contributed by atoms with Gasteiger partial charge in [-0.3, -0.25) is 14.4 Å². The van der Waals surface area contributed by atoms with Crippen molar-refractivity contribution in [3.63, 3.8) is 0 Å². The largest absolute Gasteiger partial charge is 0.299 e. The van der Waals surface area contributed by atoms with Crippen LogP contribution in [-0.2, 0) is 14.4 Å². The first kappa shape index (κ1) is 7.47. The summed E-state index contributed by atoms with van der Waals surface area (Å²) in [6, 6.07) is 0. The van der Waals surface area contributed by atoms with Gasteiger partial charge >= 0.3 is 0 Å². The first-order valence-corrected chi connectivity index (χ1v) is 3.68. The molecule has 1 saturated heterocycles. The highest BCUT2D eigenvalue weighted by Crippen LogP contribution is 2.27. The fourth-order valence-corrected chi connectivity index (χ4v) is 1.65. The van der Waals surface area contributed by atoms with Crippen molar-refractivity contribution in [3.05, 3.63) is 0 Å². The van der Waals surface area contributed by atoms with Crippen molar-refractivity contribution in [2.75, 3.05) is 0 Å². The number of carbonyl (C=O) groups is 3. The maximum atomic E-state index is 10.7. The number of Topliss-reactive ketones (excluding diaryl/α,β-unsaturated/α-hetero) is 1. The number of carbonyl (C=O) groups excluding carboxylic acids is 3. The molecule has 1 atom stereocenters. The van der Waals surface area contributed by atoms with E-state index in [2.05, 4.69) is 0 Å². The molecule has 1 aliphatic rings. The molecule has 1 aliphatic heterocycles. The number of ketones is 1. The summed E-state index contributed by atoms with van der Waals surface area (Å²) in [4.78, 5) is 31.9. The van der Waals surface area contributed by atoms with Gasteiger partial charge in [-0.1, -0.05) is 0 Å². The van der Waals surface area contributed by atoms with Gasteiger partial charge in [0.05, 0.1) is 5.92 Å². The van der Waals surface area contributed by atoms with Crippen LogP contribution in [0.2, 0.25) is 0 Å². The van der Waals surface area contributed by atoms with E-state index in [9.17, 15) is 14.4 Å². The Bertz CT molecular complexity index is 209. The molecule has 0 bridgehead atoms. The zero-order chi connectivity index (χ0) is 7.72. The van der Waals surface area contributed by atoms with Crippen LogP contribution in [0.1, 0.15) is 13.3 Å². The van der Waals surface area contributed by atoms with Crippen LogP contribution in [0.25, 0.3) is 0 Å². The lowest BCUT2D eigenvalue weighted by molar-refractivity contribution is -0.128. The van der Waals surface area contributed by atoms with Gasteiger partial charge in [0.15, 0.2) is 5.12 Å². The topological polar surface area (TPSA) is 51.2 Å². The van der Waals surface area contributed by atoms with E-state index in [-0.39, 0.29) is 22.4 Å². The van der Waals surface area contributed by atoms with Gasteiger partial charge in [0, 0.05) is 6.42 Å². The highest BCUT2D eigenvalue weighted by molar-refractivity contribution is 8.26. The summed E-state index contributed by atoms with van der Waals surface area (Å²) in [5.74, 6) is -0.860. The first-order valence-electron chi connectivity index (χ1n) is 2.86. The van der Waals surface area contributed by atoms with Crippen molar-refractivity contribution in [1.29, 1.82) is 0 Å². The minimum atomic E-state index is -0.655. The second-order valence-corrected chi connectivity index (χ2v) is 3.22. The van der Waals surface area contributed by atoms with Crippen molar-refractivity contribution >= 4 is 27.8 Å². The average molecular weight is 158 g/mol. The number of hydrogen-bond acceptors (Lipinski definition) is 4. The average Bonchev–Trinajstić information content (AvgIpc) is 2.10. The summed E-state index contributed by atoms with van der Waals surface area (Å²) in [5, 5.41) is -0.484. The Morgan fingerprint density at radius 1 is 1.60 bits per heavy atom. The van der Waals surface area contributed by atoms with Crippen molar-refractivity contribution in [1.82, 2.24) is 0 Å². The second kappa shape index (κ2) is 2.54. The summed E-state index contributed by atoms with van der Waals surface area (Å²) in [7, 11) is 0. The van der Waals surface area contributed by atoms with Crippen LogP contribution < -0.4 is 0 Å². The molecule has 1 fully saturated rings. The van der Waals surface area contributed by atoms with E-state index in [1.54, 1.807) is 0 Å². The SMILES string of the molecule is CC(=O)C1CC(=O)SC1=O. The lowest BCUT2D eigenvalue weighted by atomic mass is 10.0. The van der Waals surface area contributed by atoms with Gasteiger partial charge in [-0.25, -0.2) is 0 Å². The Hall–Kier alpha value is -0.640. The van der Waals surface area contributed by atoms with Crippen LogP contribution in [0.4, 0.5) is 0 Å². The molecule has 0 aliphatic carbocycles. The summed E-state index contributed by atoms with van der Waals surface area (Å²) < 4.78 is 0. The molecule has 0 saturated carbocycles. The van der Waals surface area contributed by atoms with Gasteiger partial charge in [0.2, 0.25) is 5.12 Å². The minimum absolute atomic E-state index is 0.0961. The molecule has 4 heteroatoms. The Kier molecular flexibility index (Phi) is 1.89. The lowest BCUT2D eigenvalue weighted by Gasteiger charge is -1.95. The van der Waals surface area contributed by atoms with E-state index >= 15 is 0 Å². The number of thioether (sulfide) groups is 1. The van der Waals surface area contributed by atoms with E-state index in [1.807, 2.05) is 0 Å². The molecule has 0 radical (unpaired) electrons. The van der Waals surface area contributed by atoms with Crippen molar-refractivity contribution in [2.45, 2.75) is 13.3 Å². The summed E-state index contributed by atoms with van der Waals surface area (Å²) >= 11 is 0.658. The molecule has 0 aromatic rings. The quantitative estimate of drug-likeness (QED) is 0.518. The van der Waals surface area contributed by atoms with Crippen LogP contribution in [-0.4, -0.2) is 16.0 Å². The molecule has 0 aromatic heterocycles. The van der Waals surface area contributed by atoms with Crippen LogP contribution in [0.5, 0.6) is 0 Å². The molecule has 1 rings (SSSR count). The third-order valence-corrected chi connectivity index (χ3v) is 2.24. The molecule has 10 heavy (non-hydrogen) atoms. The molecule has 54 valence electrons. The molecule has 1 unspecified atom stereocenters. The Balaban J connectivity index is 2.72. The smallest absolute Gasteiger partial charge is 0.207 e. The van der Waals surface area contributed by atoms with Crippen LogP contribution in [0.15, 0.2) is 0 Å². The zero-order valence-electron chi connectivity index (χ0n) is 5.42. The molecule has 0 N–H and O–H groups in total. The van der Waals surface area contributed by atoms with Gasteiger partial charge < -0.3 is 0 Å². The fourth-order valence-electron chi connectivity index (χ4n) is 0.785. The van der Waals surface area contributed by atoms with Crippen molar-refractivity contribution < 1.29 is 14.4 Å². The van der Waals surface area contributed by atoms with Gasteiger partial charge in [0.1, 0.15) is 5.78 Å². The molecular weight excluding hydrogens is 152 g/mol. The van der Waals surface area contributed by atoms with Gasteiger partial charge in [-0.05, 0) is 18.7 Å². The van der Waals surface area contributed by atoms with Crippen LogP contribution >= 0.6 is 11.8 Å². The third-order valence-electron chi connectivity index (χ3n) is 1.36. The number of rotatable bonds is 1. The van der Waals surface area contributed by atoms with Crippen LogP contribution in [0, 0.1) is 5.92 Å². The highest BCUT2D eigenvalue weighted by atomic mass is 32.2. The van der Waals surface area contributed by atoms with Crippen molar-refractivity contribution in [2.24, 2.45) is 5.92 Å². The lowest BCUT2D eigenvalue weighted by Crippen LogP contribution is -2.13. The van der Waals surface area contributed by atoms with Gasteiger partial charge in [0.25, 0.3) is 0 Å². The molecule has 3 nitrogen and oxygen atoms in total. The Labute approximate surface area is 62.2 Å². The molecule has 1 heterocycles. The standard InChI is InChI=1S/C6H6O3S/c1-3(7)4-2-5(8)10-6(4)9/h4H,2H2,1H3. The summed E-state index contributed by atoms with van der Waals surface area (Å²) in [6.45, 7) is 1.34. The Morgan fingerprint density at radius 2 is 2.20 bits per heavy atom. The zero-order valence-corrected chi connectivity index (χ0v) is 6.23. The third kappa shape index (κ3) is 1.26. The second-order valence-electron chi connectivity index (χ2n) is 2.16. The van der Waals surface area contributed by atoms with E-state index in [0.29, 0.717) is 11.8 Å². The molecule has 0 amide bonds. The monoisotopic (exact) mass is 158 g/mol. The van der Waals surface area contributed by atoms with E-state index in [0.717, 1.165) is 0 Å². The molecule has 0 aromatic carbocycles. The van der Waals surface area contributed by atoms with E-state index in [4.69, 9.17) is 0 Å². The maximum absolute atomic E-state index is 10.7. The predicted molar refractivity (Wildman–Crippen MR) is 36.4 cm³/mol. The first-order chi connectivity index (χ1) is 4.61. The number of hydrogen-bond donors (Lipinski definition) is 0. The van der Waals surface area contributed by atoms with Crippen molar-refractivity contribution in [3.8, 4) is 0 Å². The molecular formula is C6H6O3S. The van der Waals surface area contributed by atoms with E-state index < -0.39 is 5.92 Å². The Morgan fingerprint density at radius 3 is 2.40 bits per heavy atom. The fraction of sp³-hybridized carbons (Fsp3) is 0.500. The van der Waals surface area contributed by atoms with Gasteiger partial charge in [-0.2, -0.15) is 0 Å². The predicted octanol–water partition coefficient (Wildman–Crippen LogP) is 0.382. The highest BCUT2D eigenvalue weighted by Gasteiger charge is 2.35. The maximum Gasteiger partial charge on any atom is 0.207 e. The van der Waals surface area contributed by atoms with Crippen LogP contribution in [0.3, 0.4) is 0 Å². The minimum Gasteiger partial charge on any atom is -0.299 e. The molecule has 0 spiro atoms. The normalized spacial score (nSPS) is 25.5. The summed E-state index contributed by atoms with van der Waals surface area (Å²) in [5.41, 5.74) is 0. The van der Waals surface area contributed by atoms with Gasteiger partial charge in [-0.15, -0.1) is 0 Å². The van der Waals surface area contributed by atoms with E-state index in [1.165, 1.54) is 6.92 Å². The summed E-state index contributed by atoms with van der Waals surface area (Å²) in [6.07, 6.45) is 0.0961.